The average Bonchev–Trinajstić information content (AvgIpc) is 3.50. The summed E-state index contributed by atoms with van der Waals surface area (Å²) >= 11 is 0. The summed E-state index contributed by atoms with van der Waals surface area (Å²) in [6.07, 6.45) is 0. The Balaban J connectivity index is 1.36. The number of para-hydroxylation sites is 1. The first-order chi connectivity index (χ1) is 23.8. The fourth-order valence-corrected chi connectivity index (χ4v) is 6.34. The van der Waals surface area contributed by atoms with Crippen molar-refractivity contribution in [3.63, 3.8) is 0 Å². The minimum atomic E-state index is -0.250. The van der Waals surface area contributed by atoms with Crippen molar-refractivity contribution in [2.24, 2.45) is 0 Å². The van der Waals surface area contributed by atoms with E-state index >= 15 is 0 Å². The van der Waals surface area contributed by atoms with E-state index in [4.69, 9.17) is 5.79 Å². The highest BCUT2D eigenvalue weighted by atomic mass is 16.3. The van der Waals surface area contributed by atoms with Gasteiger partial charge in [-0.15, -0.1) is 0 Å². The van der Waals surface area contributed by atoms with Crippen molar-refractivity contribution in [3.8, 4) is 33.4 Å². The molecule has 9 rings (SSSR count). The van der Waals surface area contributed by atoms with Crippen LogP contribution in [0, 0.1) is 0 Å². The first-order valence-corrected chi connectivity index (χ1v) is 14.3. The number of benzene rings is 8. The second-order valence-corrected chi connectivity index (χ2v) is 10.8. The Labute approximate surface area is 257 Å². The highest BCUT2D eigenvalue weighted by Crippen LogP contribution is 2.44. The second kappa shape index (κ2) is 9.44. The highest BCUT2D eigenvalue weighted by Gasteiger charge is 2.16. The van der Waals surface area contributed by atoms with Gasteiger partial charge >= 0.3 is 0 Å². The molecule has 0 spiro atoms. The van der Waals surface area contributed by atoms with Gasteiger partial charge in [0.1, 0.15) is 11.2 Å². The van der Waals surface area contributed by atoms with E-state index in [1.165, 1.54) is 0 Å². The SMILES string of the molecule is [2H]c1c(-c2c3ccccc3c(-c3ccccc3)c3ccccc23)c([2H])c2c([2H])c([2H])c(-c3ccc4c(c3)oc3ccccc34)c([2H])c2c1[2H]. The van der Waals surface area contributed by atoms with Crippen LogP contribution in [-0.2, 0) is 0 Å². The normalized spacial score (nSPS) is 13.7. The maximum atomic E-state index is 9.56. The van der Waals surface area contributed by atoms with Gasteiger partial charge in [-0.3, -0.25) is 0 Å². The molecule has 0 aliphatic carbocycles. The van der Waals surface area contributed by atoms with Crippen molar-refractivity contribution in [2.45, 2.75) is 0 Å². The zero-order chi connectivity index (χ0) is 33.6. The van der Waals surface area contributed by atoms with Gasteiger partial charge in [-0.2, -0.15) is 0 Å². The standard InChI is InChI=1S/C42H26O/c1-2-10-27(11-3-1)41-35-13-4-6-15-37(35)42(38-16-7-5-14-36(38)41)32-21-20-28-24-29(18-19-30(28)25-32)31-22-23-34-33-12-8-9-17-39(33)43-40(34)26-31/h1-26H/i18D,19D,20D,21D,24D,25D. The van der Waals surface area contributed by atoms with E-state index in [1.807, 2.05) is 97.1 Å². The van der Waals surface area contributed by atoms with Crippen LogP contribution in [0.3, 0.4) is 0 Å². The summed E-state index contributed by atoms with van der Waals surface area (Å²) < 4.78 is 61.9. The summed E-state index contributed by atoms with van der Waals surface area (Å²) in [4.78, 5) is 0. The second-order valence-electron chi connectivity index (χ2n) is 10.8. The molecular weight excluding hydrogens is 520 g/mol. The van der Waals surface area contributed by atoms with Crippen LogP contribution in [0.4, 0.5) is 0 Å². The summed E-state index contributed by atoms with van der Waals surface area (Å²) in [5.74, 6) is 0. The van der Waals surface area contributed by atoms with E-state index in [-0.39, 0.29) is 58.2 Å². The van der Waals surface area contributed by atoms with Gasteiger partial charge in [0.05, 0.1) is 8.22 Å². The van der Waals surface area contributed by atoms with Crippen molar-refractivity contribution in [1.82, 2.24) is 0 Å². The van der Waals surface area contributed by atoms with Crippen molar-refractivity contribution in [3.05, 3.63) is 158 Å². The Bertz CT molecular complexity index is 2780. The molecule has 8 aromatic carbocycles. The molecule has 1 heteroatoms. The summed E-state index contributed by atoms with van der Waals surface area (Å²) in [6, 6.07) is 37.9. The Morgan fingerprint density at radius 1 is 0.372 bits per heavy atom. The lowest BCUT2D eigenvalue weighted by atomic mass is 9.85. The van der Waals surface area contributed by atoms with Gasteiger partial charge in [0, 0.05) is 10.8 Å². The lowest BCUT2D eigenvalue weighted by Gasteiger charge is -2.18. The van der Waals surface area contributed by atoms with Crippen molar-refractivity contribution >= 4 is 54.3 Å². The zero-order valence-corrected chi connectivity index (χ0v) is 23.0. The van der Waals surface area contributed by atoms with Gasteiger partial charge in [0.2, 0.25) is 0 Å². The van der Waals surface area contributed by atoms with Crippen LogP contribution in [0.25, 0.3) is 87.6 Å². The maximum Gasteiger partial charge on any atom is 0.136 e. The Hall–Kier alpha value is -5.66. The number of furan rings is 1. The molecule has 0 bridgehead atoms. The molecule has 0 fully saturated rings. The number of hydrogen-bond acceptors (Lipinski definition) is 1. The number of rotatable bonds is 3. The van der Waals surface area contributed by atoms with Crippen LogP contribution in [0.2, 0.25) is 0 Å². The molecule has 43 heavy (non-hydrogen) atoms. The zero-order valence-electron chi connectivity index (χ0n) is 29.0. The maximum absolute atomic E-state index is 9.56. The third-order valence-electron chi connectivity index (χ3n) is 8.29. The summed E-state index contributed by atoms with van der Waals surface area (Å²) in [5.41, 5.74) is 4.91. The minimum Gasteiger partial charge on any atom is -0.456 e. The van der Waals surface area contributed by atoms with Crippen LogP contribution in [-0.4, -0.2) is 0 Å². The summed E-state index contributed by atoms with van der Waals surface area (Å²) in [6.45, 7) is 0. The van der Waals surface area contributed by atoms with Crippen LogP contribution < -0.4 is 0 Å². The molecule has 0 amide bonds. The molecule has 1 nitrogen and oxygen atoms in total. The van der Waals surface area contributed by atoms with Crippen molar-refractivity contribution in [1.29, 1.82) is 0 Å². The van der Waals surface area contributed by atoms with E-state index in [9.17, 15) is 6.85 Å². The molecule has 9 aromatic rings. The quantitative estimate of drug-likeness (QED) is 0.199. The minimum absolute atomic E-state index is 0.0222. The molecule has 0 atom stereocenters. The van der Waals surface area contributed by atoms with Gasteiger partial charge in [0.15, 0.2) is 0 Å². The lowest BCUT2D eigenvalue weighted by molar-refractivity contribution is 0.669. The third kappa shape index (κ3) is 3.79. The van der Waals surface area contributed by atoms with Crippen molar-refractivity contribution in [2.75, 3.05) is 0 Å². The monoisotopic (exact) mass is 552 g/mol. The molecule has 200 valence electrons. The predicted octanol–water partition coefficient (Wildman–Crippen LogP) is 12.0. The van der Waals surface area contributed by atoms with E-state index in [0.717, 1.165) is 49.0 Å². The van der Waals surface area contributed by atoms with Crippen molar-refractivity contribution < 1.29 is 12.6 Å². The average molecular weight is 553 g/mol. The molecule has 0 saturated carbocycles. The first kappa shape index (κ1) is 18.7. The number of hydrogen-bond donors (Lipinski definition) is 0. The fourth-order valence-electron chi connectivity index (χ4n) is 6.34. The number of fused-ring (bicyclic) bond motifs is 6. The van der Waals surface area contributed by atoms with E-state index in [2.05, 4.69) is 12.1 Å². The summed E-state index contributed by atoms with van der Waals surface area (Å²) in [7, 11) is 0. The largest absolute Gasteiger partial charge is 0.456 e. The van der Waals surface area contributed by atoms with Crippen LogP contribution in [0.15, 0.2) is 162 Å². The van der Waals surface area contributed by atoms with Gasteiger partial charge in [0.25, 0.3) is 0 Å². The summed E-state index contributed by atoms with van der Waals surface area (Å²) in [5, 5.41) is 5.43. The molecule has 0 saturated heterocycles. The Kier molecular flexibility index (Phi) is 4.11. The molecule has 0 aliphatic heterocycles. The van der Waals surface area contributed by atoms with Gasteiger partial charge in [-0.25, -0.2) is 0 Å². The molecule has 1 aromatic heterocycles. The highest BCUT2D eigenvalue weighted by molar-refractivity contribution is 6.21. The van der Waals surface area contributed by atoms with E-state index in [1.54, 1.807) is 12.1 Å². The smallest absolute Gasteiger partial charge is 0.136 e. The Morgan fingerprint density at radius 3 is 1.56 bits per heavy atom. The Morgan fingerprint density at radius 2 is 0.884 bits per heavy atom. The predicted molar refractivity (Wildman–Crippen MR) is 183 cm³/mol. The fraction of sp³-hybridized carbons (Fsp3) is 0. The van der Waals surface area contributed by atoms with Crippen LogP contribution in [0.5, 0.6) is 0 Å². The molecule has 0 N–H and O–H groups in total. The van der Waals surface area contributed by atoms with E-state index < -0.39 is 0 Å². The van der Waals surface area contributed by atoms with Gasteiger partial charge < -0.3 is 4.42 Å². The molecular formula is C42H26O. The molecule has 0 radical (unpaired) electrons. The molecule has 1 heterocycles. The van der Waals surface area contributed by atoms with E-state index in [0.29, 0.717) is 16.7 Å². The first-order valence-electron chi connectivity index (χ1n) is 17.3. The third-order valence-corrected chi connectivity index (χ3v) is 8.29. The lowest BCUT2D eigenvalue weighted by Crippen LogP contribution is -1.90. The van der Waals surface area contributed by atoms with Crippen LogP contribution in [0.1, 0.15) is 8.22 Å². The topological polar surface area (TPSA) is 13.1 Å². The van der Waals surface area contributed by atoms with Gasteiger partial charge in [-0.1, -0.05) is 127 Å². The van der Waals surface area contributed by atoms with Crippen LogP contribution >= 0.6 is 0 Å². The molecule has 0 unspecified atom stereocenters. The molecule has 0 aliphatic rings. The van der Waals surface area contributed by atoms with Gasteiger partial charge in [-0.05, 0) is 96.0 Å².